The van der Waals surface area contributed by atoms with Gasteiger partial charge in [-0.15, -0.1) is 11.3 Å². The largest absolute Gasteiger partial charge is 0.293 e. The van der Waals surface area contributed by atoms with Gasteiger partial charge in [0.05, 0.1) is 5.69 Å². The van der Waals surface area contributed by atoms with E-state index < -0.39 is 0 Å². The molecule has 2 aromatic heterocycles. The predicted octanol–water partition coefficient (Wildman–Crippen LogP) is 4.59. The molecule has 0 saturated heterocycles. The standard InChI is InChI=1S/C21H24N4S/c1-14(2)20-22-11-17-12-25(10-9-18(17)24-20)13-19-15(3)23-21(26-19)16-7-5-4-6-8-16/h4-8,11,14H,9-10,12-13H2,1-3H3. The zero-order chi connectivity index (χ0) is 18.1. The fraction of sp³-hybridized carbons (Fsp3) is 0.381. The van der Waals surface area contributed by atoms with Crippen molar-refractivity contribution < 1.29 is 0 Å². The van der Waals surface area contributed by atoms with Gasteiger partial charge in [0, 0.05) is 59.9 Å². The van der Waals surface area contributed by atoms with Gasteiger partial charge < -0.3 is 0 Å². The minimum Gasteiger partial charge on any atom is -0.293 e. The number of thiazole rings is 1. The van der Waals surface area contributed by atoms with Crippen LogP contribution in [0.4, 0.5) is 0 Å². The fourth-order valence-corrected chi connectivity index (χ4v) is 4.40. The molecule has 1 aliphatic rings. The van der Waals surface area contributed by atoms with Crippen molar-refractivity contribution in [1.82, 2.24) is 19.9 Å². The summed E-state index contributed by atoms with van der Waals surface area (Å²) in [6, 6.07) is 10.4. The zero-order valence-electron chi connectivity index (χ0n) is 15.6. The van der Waals surface area contributed by atoms with E-state index in [0.717, 1.165) is 42.6 Å². The first-order chi connectivity index (χ1) is 12.6. The molecule has 0 unspecified atom stereocenters. The third-order valence-corrected chi connectivity index (χ3v) is 6.02. The van der Waals surface area contributed by atoms with E-state index in [1.807, 2.05) is 23.6 Å². The number of nitrogens with zero attached hydrogens (tertiary/aromatic N) is 4. The quantitative estimate of drug-likeness (QED) is 0.679. The summed E-state index contributed by atoms with van der Waals surface area (Å²) < 4.78 is 0. The maximum atomic E-state index is 4.79. The predicted molar refractivity (Wildman–Crippen MR) is 106 cm³/mol. The molecule has 0 atom stereocenters. The lowest BCUT2D eigenvalue weighted by atomic mass is 10.1. The first-order valence-electron chi connectivity index (χ1n) is 9.19. The molecule has 0 radical (unpaired) electrons. The van der Waals surface area contributed by atoms with E-state index in [9.17, 15) is 0 Å². The van der Waals surface area contributed by atoms with Gasteiger partial charge in [-0.1, -0.05) is 44.2 Å². The van der Waals surface area contributed by atoms with E-state index in [2.05, 4.69) is 54.9 Å². The Kier molecular flexibility index (Phi) is 4.83. The molecule has 0 amide bonds. The van der Waals surface area contributed by atoms with Crippen molar-refractivity contribution in [2.75, 3.05) is 6.54 Å². The highest BCUT2D eigenvalue weighted by molar-refractivity contribution is 7.15. The van der Waals surface area contributed by atoms with Gasteiger partial charge in [0.15, 0.2) is 0 Å². The van der Waals surface area contributed by atoms with Crippen LogP contribution in [0.2, 0.25) is 0 Å². The van der Waals surface area contributed by atoms with Gasteiger partial charge in [-0.25, -0.2) is 15.0 Å². The maximum absolute atomic E-state index is 4.79. The van der Waals surface area contributed by atoms with E-state index in [-0.39, 0.29) is 0 Å². The minimum absolute atomic E-state index is 0.384. The van der Waals surface area contributed by atoms with Crippen LogP contribution in [0.15, 0.2) is 36.5 Å². The van der Waals surface area contributed by atoms with Crippen molar-refractivity contribution in [2.24, 2.45) is 0 Å². The zero-order valence-corrected chi connectivity index (χ0v) is 16.4. The van der Waals surface area contributed by atoms with Crippen LogP contribution in [0.3, 0.4) is 0 Å². The number of hydrogen-bond acceptors (Lipinski definition) is 5. The third-order valence-electron chi connectivity index (χ3n) is 4.83. The first-order valence-corrected chi connectivity index (χ1v) is 10.0. The molecule has 1 aromatic carbocycles. The van der Waals surface area contributed by atoms with Crippen LogP contribution in [0, 0.1) is 6.92 Å². The average Bonchev–Trinajstić information content (AvgIpc) is 3.02. The van der Waals surface area contributed by atoms with Crippen molar-refractivity contribution in [2.45, 2.75) is 46.2 Å². The first kappa shape index (κ1) is 17.3. The van der Waals surface area contributed by atoms with Gasteiger partial charge in [-0.3, -0.25) is 4.90 Å². The van der Waals surface area contributed by atoms with Crippen molar-refractivity contribution in [1.29, 1.82) is 0 Å². The number of fused-ring (bicyclic) bond motifs is 1. The molecular formula is C21H24N4S. The number of aryl methyl sites for hydroxylation is 1. The van der Waals surface area contributed by atoms with E-state index in [4.69, 9.17) is 9.97 Å². The normalized spacial score (nSPS) is 14.6. The second-order valence-corrected chi connectivity index (χ2v) is 8.29. The maximum Gasteiger partial charge on any atom is 0.131 e. The van der Waals surface area contributed by atoms with Crippen LogP contribution < -0.4 is 0 Å². The molecule has 0 N–H and O–H groups in total. The Morgan fingerprint density at radius 2 is 1.96 bits per heavy atom. The Hall–Kier alpha value is -2.11. The highest BCUT2D eigenvalue weighted by Crippen LogP contribution is 2.30. The smallest absolute Gasteiger partial charge is 0.131 e. The van der Waals surface area contributed by atoms with Gasteiger partial charge in [0.25, 0.3) is 0 Å². The van der Waals surface area contributed by atoms with Crippen LogP contribution in [0.5, 0.6) is 0 Å². The van der Waals surface area contributed by atoms with Gasteiger partial charge in [0.2, 0.25) is 0 Å². The molecule has 3 heterocycles. The molecule has 0 saturated carbocycles. The summed E-state index contributed by atoms with van der Waals surface area (Å²) in [4.78, 5) is 17.9. The summed E-state index contributed by atoms with van der Waals surface area (Å²) >= 11 is 1.81. The van der Waals surface area contributed by atoms with E-state index in [1.54, 1.807) is 0 Å². The monoisotopic (exact) mass is 364 g/mol. The Labute approximate surface area is 159 Å². The van der Waals surface area contributed by atoms with E-state index >= 15 is 0 Å². The van der Waals surface area contributed by atoms with Crippen molar-refractivity contribution in [3.8, 4) is 10.6 Å². The molecule has 1 aliphatic heterocycles. The highest BCUT2D eigenvalue weighted by atomic mass is 32.1. The Morgan fingerprint density at radius 3 is 2.73 bits per heavy atom. The molecule has 0 spiro atoms. The molecule has 4 rings (SSSR count). The molecule has 5 heteroatoms. The topological polar surface area (TPSA) is 41.9 Å². The van der Waals surface area contributed by atoms with E-state index in [0.29, 0.717) is 5.92 Å². The van der Waals surface area contributed by atoms with E-state index in [1.165, 1.54) is 21.7 Å². The van der Waals surface area contributed by atoms with Gasteiger partial charge >= 0.3 is 0 Å². The van der Waals surface area contributed by atoms with Gasteiger partial charge in [-0.05, 0) is 6.92 Å². The third kappa shape index (κ3) is 3.55. The van der Waals surface area contributed by atoms with Crippen molar-refractivity contribution in [3.63, 3.8) is 0 Å². The second kappa shape index (κ2) is 7.25. The average molecular weight is 365 g/mol. The fourth-order valence-electron chi connectivity index (χ4n) is 3.29. The SMILES string of the molecule is Cc1nc(-c2ccccc2)sc1CN1CCc2nc(C(C)C)ncc2C1. The summed E-state index contributed by atoms with van der Waals surface area (Å²) in [6.45, 7) is 9.32. The molecule has 0 aliphatic carbocycles. The Balaban J connectivity index is 1.50. The summed E-state index contributed by atoms with van der Waals surface area (Å²) in [5, 5.41) is 1.11. The lowest BCUT2D eigenvalue weighted by molar-refractivity contribution is 0.244. The number of aromatic nitrogens is 3. The summed E-state index contributed by atoms with van der Waals surface area (Å²) in [5.74, 6) is 1.34. The summed E-state index contributed by atoms with van der Waals surface area (Å²) in [5.41, 5.74) is 4.84. The molecular weight excluding hydrogens is 340 g/mol. The van der Waals surface area contributed by atoms with Gasteiger partial charge in [-0.2, -0.15) is 0 Å². The molecule has 3 aromatic rings. The van der Waals surface area contributed by atoms with Crippen molar-refractivity contribution >= 4 is 11.3 Å². The molecule has 134 valence electrons. The number of hydrogen-bond donors (Lipinski definition) is 0. The summed E-state index contributed by atoms with van der Waals surface area (Å²) in [6.07, 6.45) is 3.03. The second-order valence-electron chi connectivity index (χ2n) is 7.21. The van der Waals surface area contributed by atoms with Gasteiger partial charge in [0.1, 0.15) is 10.8 Å². The Bertz CT molecular complexity index is 902. The summed E-state index contributed by atoms with van der Waals surface area (Å²) in [7, 11) is 0. The molecule has 0 bridgehead atoms. The molecule has 4 nitrogen and oxygen atoms in total. The Morgan fingerprint density at radius 1 is 1.15 bits per heavy atom. The number of rotatable bonds is 4. The highest BCUT2D eigenvalue weighted by Gasteiger charge is 2.21. The van der Waals surface area contributed by atoms with Crippen LogP contribution in [-0.2, 0) is 19.5 Å². The van der Waals surface area contributed by atoms with Crippen LogP contribution >= 0.6 is 11.3 Å². The lowest BCUT2D eigenvalue weighted by Crippen LogP contribution is -2.31. The number of benzene rings is 1. The van der Waals surface area contributed by atoms with Crippen LogP contribution in [0.25, 0.3) is 10.6 Å². The van der Waals surface area contributed by atoms with Crippen molar-refractivity contribution in [3.05, 3.63) is 64.2 Å². The molecule has 0 fully saturated rings. The van der Waals surface area contributed by atoms with Crippen LogP contribution in [-0.4, -0.2) is 26.4 Å². The molecule has 26 heavy (non-hydrogen) atoms. The van der Waals surface area contributed by atoms with Crippen LogP contribution in [0.1, 0.15) is 47.4 Å². The lowest BCUT2D eigenvalue weighted by Gasteiger charge is -2.27. The minimum atomic E-state index is 0.384.